The van der Waals surface area contributed by atoms with Gasteiger partial charge in [0.2, 0.25) is 0 Å². The molecule has 0 radical (unpaired) electrons. The van der Waals surface area contributed by atoms with Crippen LogP contribution in [0.25, 0.3) is 6.08 Å². The Kier molecular flexibility index (Phi) is 4.57. The average molecular weight is 236 g/mol. The molecule has 0 bridgehead atoms. The first-order chi connectivity index (χ1) is 8.12. The standard InChI is InChI=1S/C13H16O4/c1-9(14)5-6-10-7-12(16-3)13(17-4)8-11(10)15-2/h5-8H,1-4H3/b6-5-. The third kappa shape index (κ3) is 3.24. The summed E-state index contributed by atoms with van der Waals surface area (Å²) in [7, 11) is 4.68. The number of carbonyl (C=O) groups excluding carboxylic acids is 1. The first kappa shape index (κ1) is 13.1. The topological polar surface area (TPSA) is 44.8 Å². The fraction of sp³-hybridized carbons (Fsp3) is 0.308. The minimum absolute atomic E-state index is 0.0261. The minimum atomic E-state index is -0.0261. The zero-order valence-electron chi connectivity index (χ0n) is 10.4. The molecule has 1 aromatic rings. The van der Waals surface area contributed by atoms with Crippen LogP contribution in [0.2, 0.25) is 0 Å². The zero-order chi connectivity index (χ0) is 12.8. The van der Waals surface area contributed by atoms with Gasteiger partial charge in [0.1, 0.15) is 5.75 Å². The molecular weight excluding hydrogens is 220 g/mol. The van der Waals surface area contributed by atoms with E-state index in [0.29, 0.717) is 17.2 Å². The van der Waals surface area contributed by atoms with Crippen molar-refractivity contribution >= 4 is 11.9 Å². The maximum absolute atomic E-state index is 10.9. The lowest BCUT2D eigenvalue weighted by atomic mass is 10.1. The number of allylic oxidation sites excluding steroid dienone is 1. The van der Waals surface area contributed by atoms with E-state index >= 15 is 0 Å². The number of ketones is 1. The highest BCUT2D eigenvalue weighted by Crippen LogP contribution is 2.35. The molecule has 0 aliphatic heterocycles. The van der Waals surface area contributed by atoms with Crippen molar-refractivity contribution in [3.05, 3.63) is 23.8 Å². The first-order valence-corrected chi connectivity index (χ1v) is 5.11. The van der Waals surface area contributed by atoms with Crippen LogP contribution in [-0.4, -0.2) is 27.1 Å². The highest BCUT2D eigenvalue weighted by molar-refractivity contribution is 5.92. The second kappa shape index (κ2) is 5.94. The van der Waals surface area contributed by atoms with E-state index in [1.165, 1.54) is 13.0 Å². The predicted molar refractivity (Wildman–Crippen MR) is 65.8 cm³/mol. The maximum Gasteiger partial charge on any atom is 0.164 e. The van der Waals surface area contributed by atoms with Gasteiger partial charge in [-0.15, -0.1) is 0 Å². The van der Waals surface area contributed by atoms with Crippen LogP contribution in [-0.2, 0) is 4.79 Å². The summed E-state index contributed by atoms with van der Waals surface area (Å²) in [6, 6.07) is 3.48. The first-order valence-electron chi connectivity index (χ1n) is 5.11. The lowest BCUT2D eigenvalue weighted by Crippen LogP contribution is -1.94. The van der Waals surface area contributed by atoms with Crippen molar-refractivity contribution in [3.63, 3.8) is 0 Å². The highest BCUT2D eigenvalue weighted by Gasteiger charge is 2.09. The molecule has 1 aromatic carbocycles. The van der Waals surface area contributed by atoms with Gasteiger partial charge in [0.25, 0.3) is 0 Å². The van der Waals surface area contributed by atoms with Gasteiger partial charge in [-0.3, -0.25) is 4.79 Å². The van der Waals surface area contributed by atoms with Gasteiger partial charge in [0.05, 0.1) is 21.3 Å². The monoisotopic (exact) mass is 236 g/mol. The minimum Gasteiger partial charge on any atom is -0.496 e. The molecule has 17 heavy (non-hydrogen) atoms. The summed E-state index contributed by atoms with van der Waals surface area (Å²) in [6.45, 7) is 1.49. The van der Waals surface area contributed by atoms with Crippen molar-refractivity contribution in [3.8, 4) is 17.2 Å². The Labute approximate surface area is 101 Å². The van der Waals surface area contributed by atoms with Crippen molar-refractivity contribution in [1.82, 2.24) is 0 Å². The third-order valence-corrected chi connectivity index (χ3v) is 2.23. The van der Waals surface area contributed by atoms with Gasteiger partial charge in [-0.2, -0.15) is 0 Å². The van der Waals surface area contributed by atoms with Crippen LogP contribution >= 0.6 is 0 Å². The largest absolute Gasteiger partial charge is 0.496 e. The van der Waals surface area contributed by atoms with Crippen LogP contribution in [0.5, 0.6) is 17.2 Å². The summed E-state index contributed by atoms with van der Waals surface area (Å²) in [5.41, 5.74) is 0.764. The van der Waals surface area contributed by atoms with E-state index in [2.05, 4.69) is 0 Å². The van der Waals surface area contributed by atoms with Crippen molar-refractivity contribution in [2.75, 3.05) is 21.3 Å². The number of benzene rings is 1. The molecule has 0 aromatic heterocycles. The van der Waals surface area contributed by atoms with Gasteiger partial charge in [-0.25, -0.2) is 0 Å². The van der Waals surface area contributed by atoms with Crippen molar-refractivity contribution in [2.45, 2.75) is 6.92 Å². The molecule has 92 valence electrons. The van der Waals surface area contributed by atoms with Gasteiger partial charge in [0.15, 0.2) is 17.3 Å². The Morgan fingerprint density at radius 1 is 1.00 bits per heavy atom. The fourth-order valence-electron chi connectivity index (χ4n) is 1.39. The van der Waals surface area contributed by atoms with Crippen LogP contribution in [0.4, 0.5) is 0 Å². The molecular formula is C13H16O4. The van der Waals surface area contributed by atoms with Gasteiger partial charge >= 0.3 is 0 Å². The molecule has 4 nitrogen and oxygen atoms in total. The highest BCUT2D eigenvalue weighted by atomic mass is 16.5. The van der Waals surface area contributed by atoms with E-state index in [1.807, 2.05) is 0 Å². The molecule has 0 N–H and O–H groups in total. The van der Waals surface area contributed by atoms with Crippen molar-refractivity contribution in [2.24, 2.45) is 0 Å². The number of ether oxygens (including phenoxy) is 3. The molecule has 0 saturated carbocycles. The lowest BCUT2D eigenvalue weighted by molar-refractivity contribution is -0.112. The molecule has 0 fully saturated rings. The molecule has 0 atom stereocenters. The quantitative estimate of drug-likeness (QED) is 0.736. The molecule has 0 heterocycles. The molecule has 0 spiro atoms. The van der Waals surface area contributed by atoms with Crippen LogP contribution in [0, 0.1) is 0 Å². The van der Waals surface area contributed by atoms with Gasteiger partial charge in [-0.1, -0.05) is 0 Å². The molecule has 0 unspecified atom stereocenters. The molecule has 0 aliphatic rings. The Hall–Kier alpha value is -1.97. The van der Waals surface area contributed by atoms with E-state index in [-0.39, 0.29) is 5.78 Å². The summed E-state index contributed by atoms with van der Waals surface area (Å²) in [5.74, 6) is 1.78. The maximum atomic E-state index is 10.9. The number of hydrogen-bond acceptors (Lipinski definition) is 4. The predicted octanol–water partition coefficient (Wildman–Crippen LogP) is 2.31. The summed E-state index contributed by atoms with van der Waals surface area (Å²) >= 11 is 0. The van der Waals surface area contributed by atoms with Gasteiger partial charge in [0, 0.05) is 11.6 Å². The number of methoxy groups -OCH3 is 3. The Morgan fingerprint density at radius 3 is 2.00 bits per heavy atom. The lowest BCUT2D eigenvalue weighted by Gasteiger charge is -2.11. The number of hydrogen-bond donors (Lipinski definition) is 0. The molecule has 1 rings (SSSR count). The zero-order valence-corrected chi connectivity index (χ0v) is 10.4. The Bertz CT molecular complexity index is 435. The molecule has 4 heteroatoms. The van der Waals surface area contributed by atoms with E-state index in [1.54, 1.807) is 39.5 Å². The Morgan fingerprint density at radius 2 is 1.53 bits per heavy atom. The summed E-state index contributed by atoms with van der Waals surface area (Å²) in [5, 5.41) is 0. The van der Waals surface area contributed by atoms with Crippen molar-refractivity contribution in [1.29, 1.82) is 0 Å². The van der Waals surface area contributed by atoms with E-state index in [4.69, 9.17) is 14.2 Å². The van der Waals surface area contributed by atoms with Gasteiger partial charge < -0.3 is 14.2 Å². The fourth-order valence-corrected chi connectivity index (χ4v) is 1.39. The van der Waals surface area contributed by atoms with Crippen LogP contribution in [0.15, 0.2) is 18.2 Å². The molecule has 0 amide bonds. The van der Waals surface area contributed by atoms with Crippen LogP contribution in [0.1, 0.15) is 12.5 Å². The Balaban J connectivity index is 3.23. The number of carbonyl (C=O) groups is 1. The van der Waals surface area contributed by atoms with Crippen molar-refractivity contribution < 1.29 is 19.0 Å². The summed E-state index contributed by atoms with van der Waals surface area (Å²) < 4.78 is 15.6. The average Bonchev–Trinajstić information content (AvgIpc) is 2.34. The summed E-state index contributed by atoms with van der Waals surface area (Å²) in [6.07, 6.45) is 3.16. The van der Waals surface area contributed by atoms with E-state index < -0.39 is 0 Å². The van der Waals surface area contributed by atoms with Crippen LogP contribution < -0.4 is 14.2 Å². The van der Waals surface area contributed by atoms with Gasteiger partial charge in [-0.05, 0) is 25.1 Å². The smallest absolute Gasteiger partial charge is 0.164 e. The second-order valence-corrected chi connectivity index (χ2v) is 3.39. The van der Waals surface area contributed by atoms with Crippen LogP contribution in [0.3, 0.4) is 0 Å². The number of rotatable bonds is 5. The van der Waals surface area contributed by atoms with E-state index in [9.17, 15) is 4.79 Å². The summed E-state index contributed by atoms with van der Waals surface area (Å²) in [4.78, 5) is 10.9. The second-order valence-electron chi connectivity index (χ2n) is 3.39. The molecule has 0 aliphatic carbocycles. The molecule has 0 saturated heterocycles. The van der Waals surface area contributed by atoms with E-state index in [0.717, 1.165) is 5.56 Å². The third-order valence-electron chi connectivity index (χ3n) is 2.23. The SMILES string of the molecule is COc1cc(OC)c(OC)cc1/C=C\C(C)=O. The normalized spacial score (nSPS) is 10.4.